The van der Waals surface area contributed by atoms with E-state index in [1.54, 1.807) is 6.08 Å². The Kier molecular flexibility index (Phi) is 7.01. The van der Waals surface area contributed by atoms with Gasteiger partial charge in [-0.25, -0.2) is 8.42 Å². The van der Waals surface area contributed by atoms with Crippen LogP contribution in [0.2, 0.25) is 0 Å². The highest BCUT2D eigenvalue weighted by Crippen LogP contribution is 2.10. The molecule has 2 N–H and O–H groups in total. The lowest BCUT2D eigenvalue weighted by molar-refractivity contribution is -0.895. The lowest BCUT2D eigenvalue weighted by atomic mass is 10.2. The van der Waals surface area contributed by atoms with Crippen LogP contribution < -0.4 is 10.2 Å². The second kappa shape index (κ2) is 9.45. The van der Waals surface area contributed by atoms with Crippen molar-refractivity contribution >= 4 is 22.0 Å². The van der Waals surface area contributed by atoms with Crippen LogP contribution in [0, 0.1) is 0 Å². The SMILES string of the molecule is O=C(C[NH+]1CCN(S(=O)(=O)/C=C/c2ccccc2)CC1)NC[C@@H]1CCCO1. The molecule has 27 heavy (non-hydrogen) atoms. The summed E-state index contributed by atoms with van der Waals surface area (Å²) in [4.78, 5) is 13.2. The van der Waals surface area contributed by atoms with E-state index in [-0.39, 0.29) is 12.0 Å². The molecule has 7 nitrogen and oxygen atoms in total. The van der Waals surface area contributed by atoms with Gasteiger partial charge in [0.1, 0.15) is 0 Å². The first-order chi connectivity index (χ1) is 13.0. The molecule has 0 saturated carbocycles. The van der Waals surface area contributed by atoms with E-state index < -0.39 is 10.0 Å². The maximum atomic E-state index is 12.5. The first kappa shape index (κ1) is 20.0. The molecule has 2 saturated heterocycles. The van der Waals surface area contributed by atoms with Gasteiger partial charge in [0.05, 0.1) is 32.3 Å². The zero-order chi connectivity index (χ0) is 19.1. The number of hydrogen-bond donors (Lipinski definition) is 2. The van der Waals surface area contributed by atoms with Gasteiger partial charge in [-0.2, -0.15) is 4.31 Å². The predicted molar refractivity (Wildman–Crippen MR) is 104 cm³/mol. The van der Waals surface area contributed by atoms with Crippen molar-refractivity contribution in [3.8, 4) is 0 Å². The van der Waals surface area contributed by atoms with Crippen LogP contribution in [-0.4, -0.2) is 70.6 Å². The summed E-state index contributed by atoms with van der Waals surface area (Å²) in [6.07, 6.45) is 3.82. The van der Waals surface area contributed by atoms with Crippen LogP contribution >= 0.6 is 0 Å². The summed E-state index contributed by atoms with van der Waals surface area (Å²) in [5, 5.41) is 4.19. The van der Waals surface area contributed by atoms with Crippen molar-refractivity contribution in [1.82, 2.24) is 9.62 Å². The maximum absolute atomic E-state index is 12.5. The van der Waals surface area contributed by atoms with Gasteiger partial charge in [-0.15, -0.1) is 0 Å². The molecule has 3 rings (SSSR count). The molecule has 0 radical (unpaired) electrons. The molecule has 2 aliphatic rings. The molecule has 1 aromatic rings. The van der Waals surface area contributed by atoms with Crippen LogP contribution in [0.1, 0.15) is 18.4 Å². The van der Waals surface area contributed by atoms with Gasteiger partial charge < -0.3 is 15.0 Å². The molecule has 1 aromatic carbocycles. The molecule has 0 bridgehead atoms. The molecule has 0 unspecified atom stereocenters. The molecule has 148 valence electrons. The first-order valence-corrected chi connectivity index (χ1v) is 11.0. The number of nitrogens with zero attached hydrogens (tertiary/aromatic N) is 1. The van der Waals surface area contributed by atoms with Crippen molar-refractivity contribution in [3.05, 3.63) is 41.3 Å². The molecule has 0 aromatic heterocycles. The van der Waals surface area contributed by atoms with Gasteiger partial charge in [-0.05, 0) is 24.5 Å². The van der Waals surface area contributed by atoms with Gasteiger partial charge in [-0.1, -0.05) is 30.3 Å². The van der Waals surface area contributed by atoms with E-state index in [9.17, 15) is 13.2 Å². The average molecular weight is 395 g/mol. The number of sulfonamides is 1. The van der Waals surface area contributed by atoms with E-state index in [1.165, 1.54) is 9.71 Å². The summed E-state index contributed by atoms with van der Waals surface area (Å²) < 4.78 is 31.9. The third kappa shape index (κ3) is 6.14. The monoisotopic (exact) mass is 394 g/mol. The topological polar surface area (TPSA) is 80.2 Å². The number of quaternary nitrogens is 1. The first-order valence-electron chi connectivity index (χ1n) is 9.48. The molecular weight excluding hydrogens is 366 g/mol. The van der Waals surface area contributed by atoms with Gasteiger partial charge in [0.25, 0.3) is 5.91 Å². The van der Waals surface area contributed by atoms with Crippen LogP contribution in [-0.2, 0) is 19.6 Å². The average Bonchev–Trinajstić information content (AvgIpc) is 3.20. The van der Waals surface area contributed by atoms with Crippen molar-refractivity contribution < 1.29 is 22.8 Å². The molecule has 1 atom stereocenters. The molecule has 2 aliphatic heterocycles. The van der Waals surface area contributed by atoms with Crippen molar-refractivity contribution in [1.29, 1.82) is 0 Å². The summed E-state index contributed by atoms with van der Waals surface area (Å²) in [7, 11) is -3.43. The Balaban J connectivity index is 1.42. The van der Waals surface area contributed by atoms with Gasteiger partial charge in [-0.3, -0.25) is 4.79 Å². The number of piperazine rings is 1. The summed E-state index contributed by atoms with van der Waals surface area (Å²) in [6.45, 7) is 3.83. The minimum Gasteiger partial charge on any atom is -0.376 e. The molecule has 8 heteroatoms. The second-order valence-electron chi connectivity index (χ2n) is 7.02. The maximum Gasteiger partial charge on any atom is 0.275 e. The smallest absolute Gasteiger partial charge is 0.275 e. The fourth-order valence-corrected chi connectivity index (χ4v) is 4.56. The van der Waals surface area contributed by atoms with Crippen LogP contribution in [0.3, 0.4) is 0 Å². The minimum atomic E-state index is -3.43. The number of amides is 1. The van der Waals surface area contributed by atoms with Gasteiger partial charge >= 0.3 is 0 Å². The lowest BCUT2D eigenvalue weighted by Crippen LogP contribution is -3.15. The van der Waals surface area contributed by atoms with Crippen LogP contribution in [0.15, 0.2) is 35.7 Å². The van der Waals surface area contributed by atoms with Crippen molar-refractivity contribution in [2.24, 2.45) is 0 Å². The molecule has 2 fully saturated rings. The van der Waals surface area contributed by atoms with Crippen LogP contribution in [0.25, 0.3) is 6.08 Å². The van der Waals surface area contributed by atoms with E-state index in [0.29, 0.717) is 39.3 Å². The third-order valence-electron chi connectivity index (χ3n) is 4.98. The number of carbonyl (C=O) groups excluding carboxylic acids is 1. The molecule has 1 amide bonds. The van der Waals surface area contributed by atoms with Crippen LogP contribution in [0.5, 0.6) is 0 Å². The Morgan fingerprint density at radius 3 is 2.67 bits per heavy atom. The Bertz CT molecular complexity index is 737. The summed E-state index contributed by atoms with van der Waals surface area (Å²) >= 11 is 0. The fraction of sp³-hybridized carbons (Fsp3) is 0.526. The Morgan fingerprint density at radius 2 is 2.00 bits per heavy atom. The van der Waals surface area contributed by atoms with Crippen molar-refractivity contribution in [2.75, 3.05) is 45.9 Å². The highest BCUT2D eigenvalue weighted by atomic mass is 32.2. The van der Waals surface area contributed by atoms with Crippen molar-refractivity contribution in [2.45, 2.75) is 18.9 Å². The largest absolute Gasteiger partial charge is 0.376 e. The summed E-state index contributed by atoms with van der Waals surface area (Å²) in [5.41, 5.74) is 0.855. The van der Waals surface area contributed by atoms with Gasteiger partial charge in [0, 0.05) is 18.6 Å². The van der Waals surface area contributed by atoms with Crippen molar-refractivity contribution in [3.63, 3.8) is 0 Å². The minimum absolute atomic E-state index is 0.000723. The zero-order valence-electron chi connectivity index (χ0n) is 15.5. The number of carbonyl (C=O) groups is 1. The lowest BCUT2D eigenvalue weighted by Gasteiger charge is -2.30. The standard InChI is InChI=1S/C19H27N3O4S/c23-19(20-15-18-7-4-13-26-18)16-21-9-11-22(12-10-21)27(24,25)14-8-17-5-2-1-3-6-17/h1-3,5-6,8,14,18H,4,7,9-13,15-16H2,(H,20,23)/p+1/b14-8+/t18-/m0/s1. The van der Waals surface area contributed by atoms with Gasteiger partial charge in [0.15, 0.2) is 6.54 Å². The van der Waals surface area contributed by atoms with Crippen LogP contribution in [0.4, 0.5) is 0 Å². The predicted octanol–water partition coefficient (Wildman–Crippen LogP) is -0.517. The number of ether oxygens (including phenoxy) is 1. The highest BCUT2D eigenvalue weighted by molar-refractivity contribution is 7.92. The number of hydrogen-bond acceptors (Lipinski definition) is 4. The van der Waals surface area contributed by atoms with E-state index in [1.807, 2.05) is 30.3 Å². The van der Waals surface area contributed by atoms with Gasteiger partial charge in [0.2, 0.25) is 10.0 Å². The van der Waals surface area contributed by atoms with E-state index in [2.05, 4.69) is 5.32 Å². The van der Waals surface area contributed by atoms with E-state index in [0.717, 1.165) is 29.9 Å². The number of benzene rings is 1. The van der Waals surface area contributed by atoms with E-state index in [4.69, 9.17) is 4.74 Å². The Morgan fingerprint density at radius 1 is 1.26 bits per heavy atom. The fourth-order valence-electron chi connectivity index (χ4n) is 3.37. The molecule has 0 spiro atoms. The Labute approximate surface area is 161 Å². The summed E-state index contributed by atoms with van der Waals surface area (Å²) in [5.74, 6) is 0.000723. The van der Waals surface area contributed by atoms with E-state index >= 15 is 0 Å². The number of nitrogens with one attached hydrogen (secondary N) is 2. The molecular formula is C19H28N3O4S+. The third-order valence-corrected chi connectivity index (χ3v) is 6.55. The zero-order valence-corrected chi connectivity index (χ0v) is 16.3. The molecule has 2 heterocycles. The summed E-state index contributed by atoms with van der Waals surface area (Å²) in [6, 6.07) is 9.37. The Hall–Kier alpha value is -1.74. The highest BCUT2D eigenvalue weighted by Gasteiger charge is 2.28. The molecule has 0 aliphatic carbocycles. The second-order valence-corrected chi connectivity index (χ2v) is 8.84. The quantitative estimate of drug-likeness (QED) is 0.652. The number of rotatable bonds is 7. The normalized spacial score (nSPS) is 22.3.